The molecule has 37 heavy (non-hydrogen) atoms. The summed E-state index contributed by atoms with van der Waals surface area (Å²) in [4.78, 5) is 42.6. The first-order valence-corrected chi connectivity index (χ1v) is 13.9. The number of rotatable bonds is 9. The molecule has 0 radical (unpaired) electrons. The monoisotopic (exact) mass is 517 g/mol. The second kappa shape index (κ2) is 12.7. The molecule has 7 heteroatoms. The Bertz CT molecular complexity index is 1220. The topological polar surface area (TPSA) is 78.5 Å². The number of thiophene rings is 1. The van der Waals surface area contributed by atoms with Gasteiger partial charge < -0.3 is 10.6 Å². The van der Waals surface area contributed by atoms with E-state index in [0.717, 1.165) is 41.7 Å². The van der Waals surface area contributed by atoms with E-state index in [2.05, 4.69) is 10.6 Å². The van der Waals surface area contributed by atoms with Crippen LogP contribution in [0.15, 0.2) is 66.0 Å². The maximum Gasteiger partial charge on any atom is 0.248 e. The number of hydrogen-bond donors (Lipinski definition) is 2. The van der Waals surface area contributed by atoms with Crippen molar-refractivity contribution in [2.75, 3.05) is 10.2 Å². The fourth-order valence-corrected chi connectivity index (χ4v) is 5.58. The van der Waals surface area contributed by atoms with Gasteiger partial charge in [-0.2, -0.15) is 0 Å². The van der Waals surface area contributed by atoms with Gasteiger partial charge in [-0.05, 0) is 60.5 Å². The second-order valence-corrected chi connectivity index (χ2v) is 10.6. The van der Waals surface area contributed by atoms with E-state index in [1.54, 1.807) is 30.0 Å². The molecule has 1 fully saturated rings. The molecule has 1 atom stereocenters. The summed E-state index contributed by atoms with van der Waals surface area (Å²) in [7, 11) is 0. The zero-order valence-corrected chi connectivity index (χ0v) is 22.4. The molecule has 3 aromatic rings. The Morgan fingerprint density at radius 1 is 1.00 bits per heavy atom. The molecule has 4 rings (SSSR count). The van der Waals surface area contributed by atoms with Gasteiger partial charge in [-0.15, -0.1) is 11.3 Å². The highest BCUT2D eigenvalue weighted by Crippen LogP contribution is 2.33. The number of carbonyl (C=O) groups is 3. The largest absolute Gasteiger partial charge is 0.351 e. The highest BCUT2D eigenvalue weighted by molar-refractivity contribution is 7.10. The summed E-state index contributed by atoms with van der Waals surface area (Å²) in [6.07, 6.45) is 5.82. The SMILES string of the molecule is CCC(=O)Nc1cccc(N(C(=O)Cc2cccs2)C(C(=O)NC2CCCCC2)c2ccccc2C)c1. The number of nitrogens with one attached hydrogen (secondary N) is 2. The number of aryl methyl sites for hydroxylation is 1. The van der Waals surface area contributed by atoms with Crippen LogP contribution >= 0.6 is 11.3 Å². The van der Waals surface area contributed by atoms with Crippen molar-refractivity contribution in [3.8, 4) is 0 Å². The predicted octanol–water partition coefficient (Wildman–Crippen LogP) is 6.17. The highest BCUT2D eigenvalue weighted by Gasteiger charge is 2.35. The lowest BCUT2D eigenvalue weighted by Crippen LogP contribution is -2.48. The molecule has 1 saturated carbocycles. The number of anilines is 2. The van der Waals surface area contributed by atoms with E-state index in [9.17, 15) is 14.4 Å². The standard InChI is InChI=1S/C30H35N3O3S/c1-3-27(34)31-23-14-9-15-24(19-23)33(28(35)20-25-16-10-18-37-25)29(26-17-8-7-11-21(26)2)30(36)32-22-12-5-4-6-13-22/h7-11,14-19,22,29H,3-6,12-13,20H2,1-2H3,(H,31,34)(H,32,36). The Balaban J connectivity index is 1.78. The molecule has 194 valence electrons. The first-order valence-electron chi connectivity index (χ1n) is 13.1. The fraction of sp³-hybridized carbons (Fsp3) is 0.367. The van der Waals surface area contributed by atoms with Gasteiger partial charge in [-0.25, -0.2) is 0 Å². The summed E-state index contributed by atoms with van der Waals surface area (Å²) in [5, 5.41) is 8.09. The summed E-state index contributed by atoms with van der Waals surface area (Å²) in [6, 6.07) is 18.1. The average Bonchev–Trinajstić information content (AvgIpc) is 3.41. The van der Waals surface area contributed by atoms with Gasteiger partial charge in [0.05, 0.1) is 6.42 Å². The van der Waals surface area contributed by atoms with Crippen LogP contribution in [0.1, 0.15) is 67.5 Å². The minimum absolute atomic E-state index is 0.109. The number of carbonyl (C=O) groups excluding carboxylic acids is 3. The van der Waals surface area contributed by atoms with Crippen molar-refractivity contribution < 1.29 is 14.4 Å². The Kier molecular flexibility index (Phi) is 9.12. The molecule has 1 aromatic heterocycles. The van der Waals surface area contributed by atoms with Crippen LogP contribution in [0.5, 0.6) is 0 Å². The number of nitrogens with zero attached hydrogens (tertiary/aromatic N) is 1. The van der Waals surface area contributed by atoms with Crippen molar-refractivity contribution in [2.24, 2.45) is 0 Å². The average molecular weight is 518 g/mol. The number of amides is 3. The van der Waals surface area contributed by atoms with Gasteiger partial charge in [0.15, 0.2) is 0 Å². The van der Waals surface area contributed by atoms with Crippen LogP contribution in [0.4, 0.5) is 11.4 Å². The summed E-state index contributed by atoms with van der Waals surface area (Å²) >= 11 is 1.52. The van der Waals surface area contributed by atoms with Gasteiger partial charge in [-0.3, -0.25) is 19.3 Å². The third-order valence-electron chi connectivity index (χ3n) is 6.84. The summed E-state index contributed by atoms with van der Waals surface area (Å²) in [5.41, 5.74) is 2.89. The molecule has 3 amide bonds. The van der Waals surface area contributed by atoms with Gasteiger partial charge in [0.25, 0.3) is 0 Å². The molecular weight excluding hydrogens is 482 g/mol. The van der Waals surface area contributed by atoms with E-state index >= 15 is 0 Å². The van der Waals surface area contributed by atoms with Crippen molar-refractivity contribution in [1.82, 2.24) is 5.32 Å². The Labute approximate surface area is 223 Å². The van der Waals surface area contributed by atoms with Gasteiger partial charge in [0, 0.05) is 28.7 Å². The van der Waals surface area contributed by atoms with E-state index in [0.29, 0.717) is 17.8 Å². The van der Waals surface area contributed by atoms with E-state index < -0.39 is 6.04 Å². The first kappa shape index (κ1) is 26.6. The molecule has 0 spiro atoms. The zero-order chi connectivity index (χ0) is 26.2. The molecule has 0 saturated heterocycles. The lowest BCUT2D eigenvalue weighted by atomic mass is 9.93. The summed E-state index contributed by atoms with van der Waals surface area (Å²) < 4.78 is 0. The predicted molar refractivity (Wildman–Crippen MR) is 150 cm³/mol. The van der Waals surface area contributed by atoms with Gasteiger partial charge in [-0.1, -0.05) is 62.6 Å². The lowest BCUT2D eigenvalue weighted by molar-refractivity contribution is -0.127. The van der Waals surface area contributed by atoms with Gasteiger partial charge in [0.2, 0.25) is 17.7 Å². The van der Waals surface area contributed by atoms with Gasteiger partial charge in [0.1, 0.15) is 6.04 Å². The normalized spacial score (nSPS) is 14.5. The maximum atomic E-state index is 14.0. The second-order valence-electron chi connectivity index (χ2n) is 9.57. The minimum Gasteiger partial charge on any atom is -0.351 e. The summed E-state index contributed by atoms with van der Waals surface area (Å²) in [6.45, 7) is 3.76. The molecule has 2 aromatic carbocycles. The minimum atomic E-state index is -0.840. The first-order chi connectivity index (χ1) is 18.0. The zero-order valence-electron chi connectivity index (χ0n) is 21.5. The van der Waals surface area contributed by atoms with Crippen LogP contribution in [0.3, 0.4) is 0 Å². The molecule has 1 heterocycles. The van der Waals surface area contributed by atoms with E-state index in [-0.39, 0.29) is 30.2 Å². The molecule has 6 nitrogen and oxygen atoms in total. The Morgan fingerprint density at radius 2 is 1.78 bits per heavy atom. The van der Waals surface area contributed by atoms with Crippen molar-refractivity contribution in [3.63, 3.8) is 0 Å². The molecule has 1 aliphatic rings. The number of hydrogen-bond acceptors (Lipinski definition) is 4. The van der Waals surface area contributed by atoms with E-state index in [1.807, 2.05) is 54.8 Å². The smallest absolute Gasteiger partial charge is 0.248 e. The molecular formula is C30H35N3O3S. The number of benzene rings is 2. The van der Waals surface area contributed by atoms with Gasteiger partial charge >= 0.3 is 0 Å². The molecule has 0 aliphatic heterocycles. The van der Waals surface area contributed by atoms with Crippen LogP contribution in [0.25, 0.3) is 0 Å². The third-order valence-corrected chi connectivity index (χ3v) is 7.72. The van der Waals surface area contributed by atoms with Crippen molar-refractivity contribution >= 4 is 40.4 Å². The van der Waals surface area contributed by atoms with Crippen molar-refractivity contribution in [3.05, 3.63) is 82.0 Å². The molecule has 1 unspecified atom stereocenters. The van der Waals surface area contributed by atoms with Crippen LogP contribution in [0.2, 0.25) is 0 Å². The van der Waals surface area contributed by atoms with Crippen LogP contribution in [-0.2, 0) is 20.8 Å². The quantitative estimate of drug-likeness (QED) is 0.356. The third kappa shape index (κ3) is 6.86. The van der Waals surface area contributed by atoms with E-state index in [4.69, 9.17) is 0 Å². The van der Waals surface area contributed by atoms with Crippen LogP contribution in [0, 0.1) is 6.92 Å². The molecule has 0 bridgehead atoms. The lowest BCUT2D eigenvalue weighted by Gasteiger charge is -2.34. The van der Waals surface area contributed by atoms with Crippen LogP contribution in [-0.4, -0.2) is 23.8 Å². The molecule has 1 aliphatic carbocycles. The Morgan fingerprint density at radius 3 is 2.49 bits per heavy atom. The highest BCUT2D eigenvalue weighted by atomic mass is 32.1. The molecule has 2 N–H and O–H groups in total. The summed E-state index contributed by atoms with van der Waals surface area (Å²) in [5.74, 6) is -0.462. The van der Waals surface area contributed by atoms with E-state index in [1.165, 1.54) is 17.8 Å². The Hall–Kier alpha value is -3.45. The van der Waals surface area contributed by atoms with Crippen molar-refractivity contribution in [1.29, 1.82) is 0 Å². The van der Waals surface area contributed by atoms with Crippen LogP contribution < -0.4 is 15.5 Å². The fourth-order valence-electron chi connectivity index (χ4n) is 4.89. The van der Waals surface area contributed by atoms with Crippen molar-refractivity contribution in [2.45, 2.75) is 70.9 Å². The maximum absolute atomic E-state index is 14.0.